The molecule has 0 aliphatic carbocycles. The Bertz CT molecular complexity index is 267. The molecule has 5 heteroatoms. The van der Waals surface area contributed by atoms with E-state index in [1.54, 1.807) is 6.07 Å². The van der Waals surface area contributed by atoms with E-state index >= 15 is 0 Å². The molecule has 0 spiro atoms. The van der Waals surface area contributed by atoms with E-state index in [2.05, 4.69) is 9.97 Å². The van der Waals surface area contributed by atoms with Crippen LogP contribution < -0.4 is 5.73 Å². The van der Waals surface area contributed by atoms with Crippen LogP contribution in [-0.2, 0) is 6.42 Å². The maximum atomic E-state index is 5.76. The van der Waals surface area contributed by atoms with Crippen molar-refractivity contribution < 1.29 is 0 Å². The second-order valence-corrected chi connectivity index (χ2v) is 3.37. The molecule has 0 atom stereocenters. The van der Waals surface area contributed by atoms with Crippen LogP contribution in [0, 0.1) is 0 Å². The van der Waals surface area contributed by atoms with Crippen molar-refractivity contribution in [2.45, 2.75) is 11.6 Å². The van der Waals surface area contributed by atoms with Gasteiger partial charge in [0.15, 0.2) is 5.16 Å². The lowest BCUT2D eigenvalue weighted by molar-refractivity contribution is 0.852. The van der Waals surface area contributed by atoms with Crippen LogP contribution in [0.3, 0.4) is 0 Å². The fraction of sp³-hybridized carbons (Fsp3) is 0.429. The summed E-state index contributed by atoms with van der Waals surface area (Å²) < 4.78 is 0. The molecule has 0 radical (unpaired) electrons. The van der Waals surface area contributed by atoms with Crippen molar-refractivity contribution >= 4 is 23.4 Å². The zero-order valence-electron chi connectivity index (χ0n) is 6.75. The van der Waals surface area contributed by atoms with Crippen molar-refractivity contribution in [2.24, 2.45) is 5.73 Å². The van der Waals surface area contributed by atoms with Crippen molar-refractivity contribution in [1.29, 1.82) is 0 Å². The second kappa shape index (κ2) is 4.64. The third-order valence-electron chi connectivity index (χ3n) is 1.31. The molecule has 0 aliphatic rings. The van der Waals surface area contributed by atoms with Gasteiger partial charge in [-0.1, -0.05) is 23.4 Å². The summed E-state index contributed by atoms with van der Waals surface area (Å²) in [7, 11) is 0. The van der Waals surface area contributed by atoms with E-state index in [-0.39, 0.29) is 0 Å². The highest BCUT2D eigenvalue weighted by Gasteiger charge is 2.00. The van der Waals surface area contributed by atoms with Gasteiger partial charge in [-0.3, -0.25) is 0 Å². The van der Waals surface area contributed by atoms with Crippen molar-refractivity contribution in [1.82, 2.24) is 9.97 Å². The highest BCUT2D eigenvalue weighted by atomic mass is 35.5. The molecular weight excluding hydrogens is 194 g/mol. The molecule has 0 aromatic carbocycles. The van der Waals surface area contributed by atoms with E-state index in [0.717, 1.165) is 12.1 Å². The Labute approximate surface area is 80.7 Å². The van der Waals surface area contributed by atoms with Crippen molar-refractivity contribution in [3.63, 3.8) is 0 Å². The molecule has 0 bridgehead atoms. The molecule has 3 nitrogen and oxygen atoms in total. The minimum atomic E-state index is 0.484. The number of nitrogens with zero attached hydrogens (tertiary/aromatic N) is 2. The second-order valence-electron chi connectivity index (χ2n) is 2.21. The van der Waals surface area contributed by atoms with Gasteiger partial charge in [-0.15, -0.1) is 0 Å². The van der Waals surface area contributed by atoms with Crippen LogP contribution in [0.4, 0.5) is 0 Å². The van der Waals surface area contributed by atoms with E-state index < -0.39 is 0 Å². The predicted octanol–water partition coefficient (Wildman–Crippen LogP) is 1.35. The predicted molar refractivity (Wildman–Crippen MR) is 51.6 cm³/mol. The van der Waals surface area contributed by atoms with Crippen LogP contribution in [0.5, 0.6) is 0 Å². The van der Waals surface area contributed by atoms with Gasteiger partial charge < -0.3 is 5.73 Å². The van der Waals surface area contributed by atoms with Gasteiger partial charge in [-0.25, -0.2) is 9.97 Å². The number of thioether (sulfide) groups is 1. The zero-order chi connectivity index (χ0) is 8.97. The monoisotopic (exact) mass is 203 g/mol. The first-order valence-electron chi connectivity index (χ1n) is 3.53. The maximum Gasteiger partial charge on any atom is 0.188 e. The van der Waals surface area contributed by atoms with E-state index in [1.807, 2.05) is 6.26 Å². The van der Waals surface area contributed by atoms with Crippen LogP contribution in [0.2, 0.25) is 5.15 Å². The summed E-state index contributed by atoms with van der Waals surface area (Å²) in [5.41, 5.74) is 6.30. The summed E-state index contributed by atoms with van der Waals surface area (Å²) in [6, 6.07) is 1.74. The van der Waals surface area contributed by atoms with Crippen molar-refractivity contribution in [3.05, 3.63) is 16.9 Å². The topological polar surface area (TPSA) is 51.8 Å². The van der Waals surface area contributed by atoms with Crippen LogP contribution >= 0.6 is 23.4 Å². The first-order valence-corrected chi connectivity index (χ1v) is 5.14. The van der Waals surface area contributed by atoms with E-state index in [1.165, 1.54) is 11.8 Å². The Balaban J connectivity index is 2.90. The SMILES string of the molecule is CSc1nc(Cl)cc(CCN)n1. The molecule has 0 saturated heterocycles. The summed E-state index contributed by atoms with van der Waals surface area (Å²) in [5.74, 6) is 0. The fourth-order valence-corrected chi connectivity index (χ4v) is 1.46. The molecule has 12 heavy (non-hydrogen) atoms. The average Bonchev–Trinajstić information content (AvgIpc) is 2.04. The number of aromatic nitrogens is 2. The molecule has 0 aliphatic heterocycles. The average molecular weight is 204 g/mol. The number of nitrogens with two attached hydrogens (primary N) is 1. The highest BCUT2D eigenvalue weighted by Crippen LogP contribution is 2.13. The van der Waals surface area contributed by atoms with E-state index in [9.17, 15) is 0 Å². The van der Waals surface area contributed by atoms with Gasteiger partial charge in [0.25, 0.3) is 0 Å². The van der Waals surface area contributed by atoms with E-state index in [0.29, 0.717) is 16.9 Å². The lowest BCUT2D eigenvalue weighted by Crippen LogP contribution is -2.05. The minimum absolute atomic E-state index is 0.484. The van der Waals surface area contributed by atoms with Crippen LogP contribution in [-0.4, -0.2) is 22.8 Å². The van der Waals surface area contributed by atoms with Crippen molar-refractivity contribution in [3.8, 4) is 0 Å². The molecule has 1 aromatic rings. The molecule has 0 saturated carbocycles. The molecule has 1 aromatic heterocycles. The zero-order valence-corrected chi connectivity index (χ0v) is 8.32. The van der Waals surface area contributed by atoms with Gasteiger partial charge in [-0.05, 0) is 18.9 Å². The Hall–Kier alpha value is -0.320. The first-order chi connectivity index (χ1) is 5.76. The fourth-order valence-electron chi connectivity index (χ4n) is 0.808. The maximum absolute atomic E-state index is 5.76. The van der Waals surface area contributed by atoms with Gasteiger partial charge in [0.05, 0.1) is 0 Å². The Morgan fingerprint density at radius 3 is 2.92 bits per heavy atom. The molecule has 0 amide bonds. The van der Waals surface area contributed by atoms with Gasteiger partial charge in [-0.2, -0.15) is 0 Å². The quantitative estimate of drug-likeness (QED) is 0.458. The lowest BCUT2D eigenvalue weighted by Gasteiger charge is -2.00. The van der Waals surface area contributed by atoms with Crippen LogP contribution in [0.1, 0.15) is 5.69 Å². The minimum Gasteiger partial charge on any atom is -0.330 e. The van der Waals surface area contributed by atoms with E-state index in [4.69, 9.17) is 17.3 Å². The summed E-state index contributed by atoms with van der Waals surface area (Å²) in [6.07, 6.45) is 2.66. The summed E-state index contributed by atoms with van der Waals surface area (Å²) in [4.78, 5) is 8.24. The Morgan fingerprint density at radius 1 is 1.58 bits per heavy atom. The van der Waals surface area contributed by atoms with Gasteiger partial charge in [0.1, 0.15) is 5.15 Å². The molecule has 0 fully saturated rings. The highest BCUT2D eigenvalue weighted by molar-refractivity contribution is 7.98. The lowest BCUT2D eigenvalue weighted by atomic mass is 10.3. The normalized spacial score (nSPS) is 10.2. The molecular formula is C7H10ClN3S. The number of rotatable bonds is 3. The van der Waals surface area contributed by atoms with Crippen LogP contribution in [0.15, 0.2) is 11.2 Å². The van der Waals surface area contributed by atoms with Crippen molar-refractivity contribution in [2.75, 3.05) is 12.8 Å². The van der Waals surface area contributed by atoms with Gasteiger partial charge in [0.2, 0.25) is 0 Å². The molecule has 66 valence electrons. The largest absolute Gasteiger partial charge is 0.330 e. The third-order valence-corrected chi connectivity index (χ3v) is 2.05. The van der Waals surface area contributed by atoms with Crippen LogP contribution in [0.25, 0.3) is 0 Å². The molecule has 0 unspecified atom stereocenters. The first kappa shape index (κ1) is 9.77. The summed E-state index contributed by atoms with van der Waals surface area (Å²) in [6.45, 7) is 0.584. The van der Waals surface area contributed by atoms with Gasteiger partial charge >= 0.3 is 0 Å². The Kier molecular flexibility index (Phi) is 3.78. The third kappa shape index (κ3) is 2.62. The molecule has 1 rings (SSSR count). The number of hydrogen-bond donors (Lipinski definition) is 1. The summed E-state index contributed by atoms with van der Waals surface area (Å²) in [5, 5.41) is 1.18. The standard InChI is InChI=1S/C7H10ClN3S/c1-12-7-10-5(2-3-9)4-6(8)11-7/h4H,2-3,9H2,1H3. The smallest absolute Gasteiger partial charge is 0.188 e. The molecule has 1 heterocycles. The van der Waals surface area contributed by atoms with Gasteiger partial charge in [0, 0.05) is 12.1 Å². The number of halogens is 1. The number of hydrogen-bond acceptors (Lipinski definition) is 4. The molecule has 2 N–H and O–H groups in total. The summed E-state index contributed by atoms with van der Waals surface area (Å²) >= 11 is 7.23. The Morgan fingerprint density at radius 2 is 2.33 bits per heavy atom.